The predicted molar refractivity (Wildman–Crippen MR) is 89.5 cm³/mol. The lowest BCUT2D eigenvalue weighted by atomic mass is 10.2. The summed E-state index contributed by atoms with van der Waals surface area (Å²) in [5.41, 5.74) is 2.23. The zero-order valence-electron chi connectivity index (χ0n) is 14.0. The number of hydrogen-bond acceptors (Lipinski definition) is 8. The van der Waals surface area contributed by atoms with Crippen LogP contribution in [0.15, 0.2) is 30.9 Å². The Morgan fingerprint density at radius 1 is 1.28 bits per heavy atom. The van der Waals surface area contributed by atoms with Gasteiger partial charge < -0.3 is 19.5 Å². The SMILES string of the molecule is CCc1c(OC(=O)OC)cn2ncnc(Nc3ccc(OC)nc3)c12. The Bertz CT molecular complexity index is 891. The van der Waals surface area contributed by atoms with Crippen LogP contribution < -0.4 is 14.8 Å². The summed E-state index contributed by atoms with van der Waals surface area (Å²) in [5, 5.41) is 7.36. The van der Waals surface area contributed by atoms with Gasteiger partial charge in [0.25, 0.3) is 0 Å². The zero-order chi connectivity index (χ0) is 17.8. The lowest BCUT2D eigenvalue weighted by Gasteiger charge is -2.08. The first kappa shape index (κ1) is 16.5. The summed E-state index contributed by atoms with van der Waals surface area (Å²) >= 11 is 0. The number of nitrogens with zero attached hydrogens (tertiary/aromatic N) is 4. The number of anilines is 2. The number of nitrogens with one attached hydrogen (secondary N) is 1. The molecular weight excluding hydrogens is 326 g/mol. The molecule has 9 heteroatoms. The third kappa shape index (κ3) is 3.30. The van der Waals surface area contributed by atoms with Gasteiger partial charge in [-0.05, 0) is 12.5 Å². The maximum absolute atomic E-state index is 11.4. The van der Waals surface area contributed by atoms with Crippen LogP contribution in [0.2, 0.25) is 0 Å². The first-order chi connectivity index (χ1) is 12.2. The molecule has 130 valence electrons. The fraction of sp³-hybridized carbons (Fsp3) is 0.250. The number of aryl methyl sites for hydroxylation is 1. The molecule has 0 radical (unpaired) electrons. The summed E-state index contributed by atoms with van der Waals surface area (Å²) in [6, 6.07) is 3.57. The van der Waals surface area contributed by atoms with Gasteiger partial charge in [0.05, 0.1) is 32.3 Å². The quantitative estimate of drug-likeness (QED) is 0.706. The van der Waals surface area contributed by atoms with Crippen LogP contribution in [0.5, 0.6) is 11.6 Å². The monoisotopic (exact) mass is 343 g/mol. The number of hydrogen-bond donors (Lipinski definition) is 1. The van der Waals surface area contributed by atoms with Gasteiger partial charge in [0.2, 0.25) is 5.88 Å². The number of carbonyl (C=O) groups is 1. The highest BCUT2D eigenvalue weighted by Crippen LogP contribution is 2.31. The number of pyridine rings is 1. The molecule has 0 saturated carbocycles. The Labute approximate surface area is 143 Å². The molecular formula is C16H17N5O4. The predicted octanol–water partition coefficient (Wildman–Crippen LogP) is 2.58. The van der Waals surface area contributed by atoms with Gasteiger partial charge in [-0.2, -0.15) is 5.10 Å². The average Bonchev–Trinajstić information content (AvgIpc) is 3.00. The van der Waals surface area contributed by atoms with Gasteiger partial charge >= 0.3 is 6.16 Å². The Balaban J connectivity index is 2.01. The third-order valence-corrected chi connectivity index (χ3v) is 3.56. The summed E-state index contributed by atoms with van der Waals surface area (Å²) in [4.78, 5) is 19.9. The van der Waals surface area contributed by atoms with E-state index in [1.165, 1.54) is 13.4 Å². The molecule has 3 rings (SSSR count). The number of fused-ring (bicyclic) bond motifs is 1. The van der Waals surface area contributed by atoms with Gasteiger partial charge in [0, 0.05) is 11.6 Å². The summed E-state index contributed by atoms with van der Waals surface area (Å²) < 4.78 is 16.4. The summed E-state index contributed by atoms with van der Waals surface area (Å²) in [6.45, 7) is 1.95. The number of aromatic nitrogens is 4. The van der Waals surface area contributed by atoms with Gasteiger partial charge in [0.1, 0.15) is 11.8 Å². The minimum absolute atomic E-state index is 0.380. The molecule has 0 fully saturated rings. The molecule has 1 N–H and O–H groups in total. The van der Waals surface area contributed by atoms with Crippen LogP contribution in [0.3, 0.4) is 0 Å². The van der Waals surface area contributed by atoms with Crippen molar-refractivity contribution in [3.8, 4) is 11.6 Å². The fourth-order valence-electron chi connectivity index (χ4n) is 2.42. The second-order valence-electron chi connectivity index (χ2n) is 5.00. The van der Waals surface area contributed by atoms with Crippen molar-refractivity contribution in [3.05, 3.63) is 36.4 Å². The van der Waals surface area contributed by atoms with Crippen molar-refractivity contribution < 1.29 is 19.0 Å². The smallest absolute Gasteiger partial charge is 0.481 e. The highest BCUT2D eigenvalue weighted by molar-refractivity contribution is 5.80. The molecule has 3 heterocycles. The molecule has 0 amide bonds. The standard InChI is InChI=1S/C16H17N5O4/c1-4-11-12(25-16(22)24-3)8-21-14(11)15(18-9-19-21)20-10-5-6-13(23-2)17-7-10/h5-9H,4H2,1-3H3,(H,18,19,20). The van der Waals surface area contributed by atoms with Crippen molar-refractivity contribution in [2.24, 2.45) is 0 Å². The molecule has 0 aliphatic rings. The second kappa shape index (κ2) is 7.04. The molecule has 0 unspecified atom stereocenters. The van der Waals surface area contributed by atoms with E-state index < -0.39 is 6.16 Å². The maximum atomic E-state index is 11.4. The van der Waals surface area contributed by atoms with E-state index in [9.17, 15) is 4.79 Å². The van der Waals surface area contributed by atoms with E-state index in [1.54, 1.807) is 30.1 Å². The van der Waals surface area contributed by atoms with E-state index in [1.807, 2.05) is 13.0 Å². The molecule has 0 aromatic carbocycles. The largest absolute Gasteiger partial charge is 0.513 e. The molecule has 3 aromatic rings. The average molecular weight is 343 g/mol. The Morgan fingerprint density at radius 3 is 2.76 bits per heavy atom. The van der Waals surface area contributed by atoms with Gasteiger partial charge in [-0.1, -0.05) is 6.92 Å². The van der Waals surface area contributed by atoms with E-state index in [-0.39, 0.29) is 0 Å². The maximum Gasteiger partial charge on any atom is 0.513 e. The van der Waals surface area contributed by atoms with Crippen LogP contribution in [-0.2, 0) is 11.2 Å². The summed E-state index contributed by atoms with van der Waals surface area (Å²) in [6.07, 6.45) is 4.49. The molecule has 0 spiro atoms. The Morgan fingerprint density at radius 2 is 2.12 bits per heavy atom. The van der Waals surface area contributed by atoms with E-state index in [2.05, 4.69) is 25.1 Å². The number of ether oxygens (including phenoxy) is 3. The lowest BCUT2D eigenvalue weighted by Crippen LogP contribution is -2.07. The van der Waals surface area contributed by atoms with Crippen molar-refractivity contribution in [1.82, 2.24) is 19.6 Å². The number of rotatable bonds is 5. The van der Waals surface area contributed by atoms with Crippen LogP contribution in [-0.4, -0.2) is 40.0 Å². The lowest BCUT2D eigenvalue weighted by molar-refractivity contribution is 0.121. The molecule has 3 aromatic heterocycles. The van der Waals surface area contributed by atoms with Gasteiger partial charge in [-0.25, -0.2) is 19.3 Å². The van der Waals surface area contributed by atoms with Crippen LogP contribution in [0.4, 0.5) is 16.3 Å². The van der Waals surface area contributed by atoms with E-state index in [0.717, 1.165) is 11.3 Å². The van der Waals surface area contributed by atoms with Crippen molar-refractivity contribution in [3.63, 3.8) is 0 Å². The minimum atomic E-state index is -0.785. The van der Waals surface area contributed by atoms with Crippen molar-refractivity contribution >= 4 is 23.2 Å². The zero-order valence-corrected chi connectivity index (χ0v) is 14.0. The van der Waals surface area contributed by atoms with Gasteiger partial charge in [0.15, 0.2) is 11.6 Å². The summed E-state index contributed by atoms with van der Waals surface area (Å²) in [5.74, 6) is 1.47. The highest BCUT2D eigenvalue weighted by atomic mass is 16.7. The fourth-order valence-corrected chi connectivity index (χ4v) is 2.42. The highest BCUT2D eigenvalue weighted by Gasteiger charge is 2.18. The normalized spacial score (nSPS) is 10.5. The Hall–Kier alpha value is -3.36. The number of carbonyl (C=O) groups excluding carboxylic acids is 1. The number of methoxy groups -OCH3 is 2. The van der Waals surface area contributed by atoms with E-state index in [0.29, 0.717) is 29.4 Å². The summed E-state index contributed by atoms with van der Waals surface area (Å²) in [7, 11) is 2.81. The van der Waals surface area contributed by atoms with Crippen LogP contribution in [0.25, 0.3) is 5.52 Å². The first-order valence-electron chi connectivity index (χ1n) is 7.54. The second-order valence-corrected chi connectivity index (χ2v) is 5.00. The molecule has 25 heavy (non-hydrogen) atoms. The molecule has 0 aliphatic carbocycles. The molecule has 0 bridgehead atoms. The first-order valence-corrected chi connectivity index (χ1v) is 7.54. The minimum Gasteiger partial charge on any atom is -0.481 e. The molecule has 0 aliphatic heterocycles. The van der Waals surface area contributed by atoms with Crippen molar-refractivity contribution in [2.75, 3.05) is 19.5 Å². The molecule has 0 atom stereocenters. The Kier molecular flexibility index (Phi) is 4.64. The van der Waals surface area contributed by atoms with Crippen molar-refractivity contribution in [1.29, 1.82) is 0 Å². The van der Waals surface area contributed by atoms with E-state index >= 15 is 0 Å². The van der Waals surface area contributed by atoms with Gasteiger partial charge in [-0.15, -0.1) is 0 Å². The van der Waals surface area contributed by atoms with Crippen LogP contribution in [0, 0.1) is 0 Å². The third-order valence-electron chi connectivity index (χ3n) is 3.56. The van der Waals surface area contributed by atoms with E-state index in [4.69, 9.17) is 9.47 Å². The topological polar surface area (TPSA) is 99.9 Å². The molecule has 0 saturated heterocycles. The molecule has 9 nitrogen and oxygen atoms in total. The van der Waals surface area contributed by atoms with Crippen LogP contribution >= 0.6 is 0 Å². The van der Waals surface area contributed by atoms with Crippen LogP contribution in [0.1, 0.15) is 12.5 Å². The van der Waals surface area contributed by atoms with Crippen molar-refractivity contribution in [2.45, 2.75) is 13.3 Å². The van der Waals surface area contributed by atoms with Gasteiger partial charge in [-0.3, -0.25) is 0 Å².